The average Bonchev–Trinajstić information content (AvgIpc) is 2.71. The van der Waals surface area contributed by atoms with E-state index >= 15 is 0 Å². The predicted octanol–water partition coefficient (Wildman–Crippen LogP) is 2.65. The van der Waals surface area contributed by atoms with E-state index in [0.717, 1.165) is 24.8 Å². The Labute approximate surface area is 174 Å². The third-order valence-corrected chi connectivity index (χ3v) is 7.50. The van der Waals surface area contributed by atoms with Gasteiger partial charge in [-0.05, 0) is 75.8 Å². The summed E-state index contributed by atoms with van der Waals surface area (Å²) < 4.78 is 0. The van der Waals surface area contributed by atoms with Gasteiger partial charge in [0.25, 0.3) is 0 Å². The predicted molar refractivity (Wildman–Crippen MR) is 114 cm³/mol. The lowest BCUT2D eigenvalue weighted by molar-refractivity contribution is -0.148. The van der Waals surface area contributed by atoms with Crippen molar-refractivity contribution in [1.82, 2.24) is 16.0 Å². The van der Waals surface area contributed by atoms with Gasteiger partial charge in [0.05, 0.1) is 0 Å². The number of amides is 2. The van der Waals surface area contributed by atoms with E-state index in [4.69, 9.17) is 0 Å². The van der Waals surface area contributed by atoms with Gasteiger partial charge in [0.15, 0.2) is 0 Å². The summed E-state index contributed by atoms with van der Waals surface area (Å²) in [5.74, 6) is 2.17. The first-order valence-electron chi connectivity index (χ1n) is 11.3. The smallest absolute Gasteiger partial charge is 0.242 e. The third-order valence-electron chi connectivity index (χ3n) is 7.50. The van der Waals surface area contributed by atoms with E-state index in [1.54, 1.807) is 0 Å². The van der Waals surface area contributed by atoms with Crippen molar-refractivity contribution >= 4 is 11.8 Å². The number of nitrogens with one attached hydrogen (secondary N) is 3. The molecule has 0 radical (unpaired) electrons. The molecule has 3 N–H and O–H groups in total. The van der Waals surface area contributed by atoms with Gasteiger partial charge in [-0.25, -0.2) is 0 Å². The molecule has 2 unspecified atom stereocenters. The number of hydrogen-bond acceptors (Lipinski definition) is 3. The quantitative estimate of drug-likeness (QED) is 0.632. The fourth-order valence-corrected chi connectivity index (χ4v) is 6.24. The van der Waals surface area contributed by atoms with Crippen LogP contribution in [0.25, 0.3) is 0 Å². The molecule has 2 atom stereocenters. The topological polar surface area (TPSA) is 70.2 Å². The number of hydrogen-bond donors (Lipinski definition) is 3. The molecule has 0 heterocycles. The summed E-state index contributed by atoms with van der Waals surface area (Å²) in [5.41, 5.74) is 0.836. The van der Waals surface area contributed by atoms with Crippen LogP contribution in [0.4, 0.5) is 0 Å². The summed E-state index contributed by atoms with van der Waals surface area (Å²) in [4.78, 5) is 26.5. The molecular formula is C24H35N3O2. The molecule has 0 aromatic heterocycles. The van der Waals surface area contributed by atoms with Gasteiger partial charge in [0.1, 0.15) is 6.04 Å². The second-order valence-electron chi connectivity index (χ2n) is 9.85. The number of benzene rings is 1. The molecule has 4 aliphatic carbocycles. The minimum Gasteiger partial charge on any atom is -0.353 e. The number of carbonyl (C=O) groups excluding carboxylic acids is 2. The lowest BCUT2D eigenvalue weighted by Gasteiger charge is -2.55. The summed E-state index contributed by atoms with van der Waals surface area (Å²) in [6, 6.07) is 9.64. The third kappa shape index (κ3) is 4.50. The van der Waals surface area contributed by atoms with Crippen molar-refractivity contribution in [2.24, 2.45) is 23.2 Å². The highest BCUT2D eigenvalue weighted by molar-refractivity contribution is 5.90. The van der Waals surface area contributed by atoms with Gasteiger partial charge in [-0.15, -0.1) is 0 Å². The second-order valence-corrected chi connectivity index (χ2v) is 9.85. The Hall–Kier alpha value is -1.88. The maximum atomic E-state index is 13.5. The molecule has 1 aromatic rings. The van der Waals surface area contributed by atoms with Crippen molar-refractivity contribution < 1.29 is 9.59 Å². The maximum Gasteiger partial charge on any atom is 0.242 e. The normalized spacial score (nSPS) is 31.9. The SMILES string of the molecule is CNC(C)CNC(=O)C(Cc1ccccc1)NC(=O)C12CC3CC(CC(C3)C1)C2. The van der Waals surface area contributed by atoms with Crippen LogP contribution in [0.3, 0.4) is 0 Å². The van der Waals surface area contributed by atoms with E-state index in [9.17, 15) is 9.59 Å². The Morgan fingerprint density at radius 2 is 1.62 bits per heavy atom. The van der Waals surface area contributed by atoms with E-state index in [1.807, 2.05) is 44.3 Å². The van der Waals surface area contributed by atoms with Gasteiger partial charge in [0, 0.05) is 24.4 Å². The van der Waals surface area contributed by atoms with Gasteiger partial charge in [0.2, 0.25) is 11.8 Å². The van der Waals surface area contributed by atoms with Crippen molar-refractivity contribution in [1.29, 1.82) is 0 Å². The van der Waals surface area contributed by atoms with Crippen LogP contribution in [0.15, 0.2) is 30.3 Å². The van der Waals surface area contributed by atoms with Gasteiger partial charge < -0.3 is 16.0 Å². The summed E-state index contributed by atoms with van der Waals surface area (Å²) in [5, 5.41) is 9.35. The van der Waals surface area contributed by atoms with Crippen LogP contribution in [0.2, 0.25) is 0 Å². The van der Waals surface area contributed by atoms with E-state index in [0.29, 0.717) is 30.7 Å². The van der Waals surface area contributed by atoms with Gasteiger partial charge >= 0.3 is 0 Å². The Morgan fingerprint density at radius 3 is 2.17 bits per heavy atom. The molecule has 4 aliphatic rings. The van der Waals surface area contributed by atoms with Crippen LogP contribution in [0.1, 0.15) is 51.0 Å². The van der Waals surface area contributed by atoms with Crippen LogP contribution in [-0.2, 0) is 16.0 Å². The fourth-order valence-electron chi connectivity index (χ4n) is 6.24. The van der Waals surface area contributed by atoms with E-state index in [-0.39, 0.29) is 23.3 Å². The summed E-state index contributed by atoms with van der Waals surface area (Å²) >= 11 is 0. The highest BCUT2D eigenvalue weighted by atomic mass is 16.2. The lowest BCUT2D eigenvalue weighted by atomic mass is 9.49. The first-order chi connectivity index (χ1) is 14.0. The van der Waals surface area contributed by atoms with Crippen LogP contribution in [-0.4, -0.2) is 37.5 Å². The van der Waals surface area contributed by atoms with Crippen LogP contribution in [0.5, 0.6) is 0 Å². The minimum atomic E-state index is -0.526. The molecule has 5 heteroatoms. The van der Waals surface area contributed by atoms with Crippen molar-refractivity contribution in [2.45, 2.75) is 64.0 Å². The van der Waals surface area contributed by atoms with Crippen molar-refractivity contribution in [3.8, 4) is 0 Å². The van der Waals surface area contributed by atoms with Crippen LogP contribution >= 0.6 is 0 Å². The molecular weight excluding hydrogens is 362 g/mol. The van der Waals surface area contributed by atoms with Crippen LogP contribution in [0, 0.1) is 23.2 Å². The first kappa shape index (κ1) is 20.4. The largest absolute Gasteiger partial charge is 0.353 e. The molecule has 4 bridgehead atoms. The molecule has 158 valence electrons. The van der Waals surface area contributed by atoms with Gasteiger partial charge in [-0.2, -0.15) is 0 Å². The lowest BCUT2D eigenvalue weighted by Crippen LogP contribution is -2.58. The minimum absolute atomic E-state index is 0.0889. The average molecular weight is 398 g/mol. The highest BCUT2D eigenvalue weighted by Gasteiger charge is 2.54. The number of rotatable bonds is 8. The Balaban J connectivity index is 1.47. The van der Waals surface area contributed by atoms with E-state index in [2.05, 4.69) is 16.0 Å². The monoisotopic (exact) mass is 397 g/mol. The first-order valence-corrected chi connectivity index (χ1v) is 11.3. The Bertz CT molecular complexity index is 698. The second kappa shape index (κ2) is 8.47. The molecule has 0 saturated heterocycles. The van der Waals surface area contributed by atoms with Gasteiger partial charge in [-0.3, -0.25) is 9.59 Å². The molecule has 2 amide bonds. The van der Waals surface area contributed by atoms with Crippen molar-refractivity contribution in [2.75, 3.05) is 13.6 Å². The fraction of sp³-hybridized carbons (Fsp3) is 0.667. The molecule has 5 rings (SSSR count). The summed E-state index contributed by atoms with van der Waals surface area (Å²) in [6.45, 7) is 2.58. The molecule has 1 aromatic carbocycles. The molecule has 5 nitrogen and oxygen atoms in total. The Kier molecular flexibility index (Phi) is 5.95. The molecule has 0 spiro atoms. The van der Waals surface area contributed by atoms with Crippen LogP contribution < -0.4 is 16.0 Å². The Morgan fingerprint density at radius 1 is 1.03 bits per heavy atom. The number of likely N-dealkylation sites (N-methyl/N-ethyl adjacent to an activating group) is 1. The molecule has 4 fully saturated rings. The molecule has 4 saturated carbocycles. The van der Waals surface area contributed by atoms with E-state index in [1.165, 1.54) is 19.3 Å². The summed E-state index contributed by atoms with van der Waals surface area (Å²) in [6.07, 6.45) is 7.50. The number of carbonyl (C=O) groups is 2. The molecule has 29 heavy (non-hydrogen) atoms. The molecule has 0 aliphatic heterocycles. The highest BCUT2D eigenvalue weighted by Crippen LogP contribution is 2.60. The maximum absolute atomic E-state index is 13.5. The van der Waals surface area contributed by atoms with E-state index < -0.39 is 6.04 Å². The zero-order valence-electron chi connectivity index (χ0n) is 17.7. The summed E-state index contributed by atoms with van der Waals surface area (Å²) in [7, 11) is 1.88. The zero-order chi connectivity index (χ0) is 20.4. The van der Waals surface area contributed by atoms with Gasteiger partial charge in [-0.1, -0.05) is 30.3 Å². The standard InChI is InChI=1S/C24H35N3O2/c1-16(25-2)15-26-22(28)21(11-17-6-4-3-5-7-17)27-23(29)24-12-18-8-19(13-24)10-20(9-18)14-24/h3-7,16,18-21,25H,8-15H2,1-2H3,(H,26,28)(H,27,29). The van der Waals surface area contributed by atoms with Crippen molar-refractivity contribution in [3.05, 3.63) is 35.9 Å². The zero-order valence-corrected chi connectivity index (χ0v) is 17.7. The van der Waals surface area contributed by atoms with Crippen molar-refractivity contribution in [3.63, 3.8) is 0 Å².